The number of carbonyl (C=O) groups excluding carboxylic acids is 1. The largest absolute Gasteiger partial charge is 0.494 e. The number of anilines is 2. The van der Waals surface area contributed by atoms with Crippen molar-refractivity contribution in [3.8, 4) is 5.75 Å². The summed E-state index contributed by atoms with van der Waals surface area (Å²) in [6, 6.07) is 11.8. The van der Waals surface area contributed by atoms with Gasteiger partial charge in [0.2, 0.25) is 5.91 Å². The first-order valence-electron chi connectivity index (χ1n) is 8.49. The normalized spacial score (nSPS) is 15.0. The number of aryl methyl sites for hydroxylation is 1. The Hall–Kier alpha value is -2.54. The molecule has 0 saturated carbocycles. The van der Waals surface area contributed by atoms with Crippen LogP contribution in [0.2, 0.25) is 0 Å². The summed E-state index contributed by atoms with van der Waals surface area (Å²) < 4.78 is 33.3. The summed E-state index contributed by atoms with van der Waals surface area (Å²) in [5.41, 5.74) is 1.72. The van der Waals surface area contributed by atoms with Crippen LogP contribution < -0.4 is 14.4 Å². The topological polar surface area (TPSA) is 75.7 Å². The Balaban J connectivity index is 1.90. The molecule has 1 amide bonds. The van der Waals surface area contributed by atoms with E-state index in [4.69, 9.17) is 4.74 Å². The van der Waals surface area contributed by atoms with Crippen molar-refractivity contribution in [1.29, 1.82) is 0 Å². The molecule has 0 radical (unpaired) electrons. The van der Waals surface area contributed by atoms with Crippen molar-refractivity contribution in [2.75, 3.05) is 23.3 Å². The number of rotatable bonds is 5. The summed E-state index contributed by atoms with van der Waals surface area (Å²) in [5.74, 6) is 0.521. The smallest absolute Gasteiger partial charge is 0.262 e. The van der Waals surface area contributed by atoms with Gasteiger partial charge in [-0.3, -0.25) is 9.52 Å². The van der Waals surface area contributed by atoms with Gasteiger partial charge in [0.25, 0.3) is 10.0 Å². The maximum atomic E-state index is 12.6. The van der Waals surface area contributed by atoms with Gasteiger partial charge >= 0.3 is 0 Å². The molecule has 3 rings (SSSR count). The molecule has 0 atom stereocenters. The second-order valence-electron chi connectivity index (χ2n) is 6.26. The van der Waals surface area contributed by atoms with Crippen LogP contribution in [0.1, 0.15) is 24.8 Å². The molecule has 138 valence electrons. The molecule has 0 spiro atoms. The van der Waals surface area contributed by atoms with Crippen molar-refractivity contribution >= 4 is 27.3 Å². The van der Waals surface area contributed by atoms with E-state index in [-0.39, 0.29) is 10.8 Å². The highest BCUT2D eigenvalue weighted by molar-refractivity contribution is 7.92. The number of methoxy groups -OCH3 is 1. The van der Waals surface area contributed by atoms with Gasteiger partial charge in [0.15, 0.2) is 0 Å². The van der Waals surface area contributed by atoms with E-state index in [1.807, 2.05) is 0 Å². The van der Waals surface area contributed by atoms with Crippen LogP contribution in [0.3, 0.4) is 0 Å². The molecule has 0 aliphatic carbocycles. The van der Waals surface area contributed by atoms with E-state index in [2.05, 4.69) is 4.72 Å². The summed E-state index contributed by atoms with van der Waals surface area (Å²) >= 11 is 0. The third-order valence-corrected chi connectivity index (χ3v) is 5.97. The predicted molar refractivity (Wildman–Crippen MR) is 101 cm³/mol. The quantitative estimate of drug-likeness (QED) is 0.871. The summed E-state index contributed by atoms with van der Waals surface area (Å²) in [7, 11) is -2.20. The zero-order valence-corrected chi connectivity index (χ0v) is 15.7. The van der Waals surface area contributed by atoms with Crippen LogP contribution in [-0.4, -0.2) is 28.0 Å². The third kappa shape index (κ3) is 3.67. The lowest BCUT2D eigenvalue weighted by Crippen LogP contribution is -2.35. The Morgan fingerprint density at radius 2 is 1.88 bits per heavy atom. The van der Waals surface area contributed by atoms with Crippen molar-refractivity contribution < 1.29 is 17.9 Å². The van der Waals surface area contributed by atoms with Crippen LogP contribution in [0.15, 0.2) is 47.4 Å². The first kappa shape index (κ1) is 18.3. The number of hydrogen-bond donors (Lipinski definition) is 1. The van der Waals surface area contributed by atoms with Gasteiger partial charge in [0.1, 0.15) is 5.75 Å². The Morgan fingerprint density at radius 3 is 2.58 bits per heavy atom. The van der Waals surface area contributed by atoms with Crippen molar-refractivity contribution in [1.82, 2.24) is 0 Å². The monoisotopic (exact) mass is 374 g/mol. The molecule has 0 bridgehead atoms. The van der Waals surface area contributed by atoms with E-state index >= 15 is 0 Å². The predicted octanol–water partition coefficient (Wildman–Crippen LogP) is 3.32. The van der Waals surface area contributed by atoms with Crippen LogP contribution >= 0.6 is 0 Å². The molecule has 2 aromatic rings. The van der Waals surface area contributed by atoms with Crippen molar-refractivity contribution in [2.45, 2.75) is 31.1 Å². The average Bonchev–Trinajstić information content (AvgIpc) is 2.62. The first-order valence-corrected chi connectivity index (χ1v) is 9.97. The SMILES string of the molecule is COc1cc(NS(=O)(=O)c2ccccc2C)ccc1N1CCCCC1=O. The third-order valence-electron chi connectivity index (χ3n) is 4.43. The number of piperidine rings is 1. The second kappa shape index (κ2) is 7.37. The number of carbonyl (C=O) groups is 1. The minimum atomic E-state index is -3.70. The Kier molecular flexibility index (Phi) is 5.18. The van der Waals surface area contributed by atoms with Crippen LogP contribution in [0.5, 0.6) is 5.75 Å². The fourth-order valence-electron chi connectivity index (χ4n) is 3.09. The Labute approximate surface area is 153 Å². The molecule has 7 heteroatoms. The zero-order chi connectivity index (χ0) is 18.7. The van der Waals surface area contributed by atoms with Crippen LogP contribution in [0.25, 0.3) is 0 Å². The number of nitrogens with one attached hydrogen (secondary N) is 1. The number of ether oxygens (including phenoxy) is 1. The van der Waals surface area contributed by atoms with Crippen molar-refractivity contribution in [3.63, 3.8) is 0 Å². The molecule has 1 aliphatic rings. The van der Waals surface area contributed by atoms with Gasteiger partial charge in [0, 0.05) is 19.0 Å². The molecule has 26 heavy (non-hydrogen) atoms. The summed E-state index contributed by atoms with van der Waals surface area (Å²) in [5, 5.41) is 0. The van der Waals surface area contributed by atoms with Crippen molar-refractivity contribution in [2.24, 2.45) is 0 Å². The highest BCUT2D eigenvalue weighted by Gasteiger charge is 2.23. The van der Waals surface area contributed by atoms with E-state index in [0.29, 0.717) is 35.7 Å². The van der Waals surface area contributed by atoms with Crippen molar-refractivity contribution in [3.05, 3.63) is 48.0 Å². The summed E-state index contributed by atoms with van der Waals surface area (Å²) in [6.07, 6.45) is 2.35. The van der Waals surface area contributed by atoms with E-state index in [1.165, 1.54) is 7.11 Å². The van der Waals surface area contributed by atoms with Gasteiger partial charge in [-0.05, 0) is 43.5 Å². The van der Waals surface area contributed by atoms with E-state index in [9.17, 15) is 13.2 Å². The number of nitrogens with zero attached hydrogens (tertiary/aromatic N) is 1. The molecule has 0 aromatic heterocycles. The lowest BCUT2D eigenvalue weighted by atomic mass is 10.1. The highest BCUT2D eigenvalue weighted by Crippen LogP contribution is 2.34. The molecule has 1 saturated heterocycles. The highest BCUT2D eigenvalue weighted by atomic mass is 32.2. The first-order chi connectivity index (χ1) is 12.4. The van der Waals surface area contributed by atoms with Gasteiger partial charge in [-0.2, -0.15) is 0 Å². The maximum absolute atomic E-state index is 12.6. The number of sulfonamides is 1. The molecular formula is C19H22N2O4S. The minimum absolute atomic E-state index is 0.0581. The van der Waals surface area contributed by atoms with Gasteiger partial charge in [-0.25, -0.2) is 8.42 Å². The number of benzene rings is 2. The fourth-order valence-corrected chi connectivity index (χ4v) is 4.39. The van der Waals surface area contributed by atoms with E-state index < -0.39 is 10.0 Å². The van der Waals surface area contributed by atoms with Gasteiger partial charge < -0.3 is 9.64 Å². The molecule has 1 heterocycles. The zero-order valence-electron chi connectivity index (χ0n) is 14.9. The second-order valence-corrected chi connectivity index (χ2v) is 7.91. The van der Waals surface area contributed by atoms with Gasteiger partial charge in [-0.1, -0.05) is 18.2 Å². The summed E-state index contributed by atoms with van der Waals surface area (Å²) in [4.78, 5) is 14.1. The van der Waals surface area contributed by atoms with Crippen LogP contribution in [0.4, 0.5) is 11.4 Å². The molecule has 1 fully saturated rings. The molecule has 1 N–H and O–H groups in total. The molecule has 2 aromatic carbocycles. The number of hydrogen-bond acceptors (Lipinski definition) is 4. The lowest BCUT2D eigenvalue weighted by Gasteiger charge is -2.28. The van der Waals surface area contributed by atoms with Gasteiger partial charge in [0.05, 0.1) is 23.4 Å². The average molecular weight is 374 g/mol. The molecule has 6 nitrogen and oxygen atoms in total. The fraction of sp³-hybridized carbons (Fsp3) is 0.316. The maximum Gasteiger partial charge on any atom is 0.262 e. The standard InChI is InChI=1S/C19H22N2O4S/c1-14-7-3-4-8-18(14)26(23,24)20-15-10-11-16(17(13-15)25-2)21-12-6-5-9-19(21)22/h3-4,7-8,10-11,13,20H,5-6,9,12H2,1-2H3. The van der Waals surface area contributed by atoms with Crippen LogP contribution in [-0.2, 0) is 14.8 Å². The lowest BCUT2D eigenvalue weighted by molar-refractivity contribution is -0.119. The molecule has 1 aliphatic heterocycles. The minimum Gasteiger partial charge on any atom is -0.494 e. The Morgan fingerprint density at radius 1 is 1.12 bits per heavy atom. The van der Waals surface area contributed by atoms with Crippen LogP contribution in [0, 0.1) is 6.92 Å². The number of amides is 1. The Bertz CT molecular complexity index is 925. The van der Waals surface area contributed by atoms with E-state index in [1.54, 1.807) is 54.3 Å². The summed E-state index contributed by atoms with van der Waals surface area (Å²) in [6.45, 7) is 2.39. The van der Waals surface area contributed by atoms with Gasteiger partial charge in [-0.15, -0.1) is 0 Å². The molecule has 0 unspecified atom stereocenters. The van der Waals surface area contributed by atoms with E-state index in [0.717, 1.165) is 12.8 Å². The molecular weight excluding hydrogens is 352 g/mol.